The number of hydrogen-bond acceptors (Lipinski definition) is 5. The SMILES string of the molecule is CCCCCCCCC(CCCCCC)C(=O)O.CCCCCCCCC(CCCCCC)C(=O)OCC1CC(C/C=C/CN(C)C)CO1. The van der Waals surface area contributed by atoms with Gasteiger partial charge in [-0.15, -0.1) is 0 Å². The summed E-state index contributed by atoms with van der Waals surface area (Å²) >= 11 is 0. The molecule has 0 aliphatic carbocycles. The van der Waals surface area contributed by atoms with Crippen molar-refractivity contribution < 1.29 is 24.2 Å². The highest BCUT2D eigenvalue weighted by molar-refractivity contribution is 5.72. The van der Waals surface area contributed by atoms with Crippen LogP contribution in [0.2, 0.25) is 0 Å². The van der Waals surface area contributed by atoms with E-state index in [1.165, 1.54) is 103 Å². The van der Waals surface area contributed by atoms with Gasteiger partial charge in [0.15, 0.2) is 0 Å². The molecule has 0 aromatic carbocycles. The summed E-state index contributed by atoms with van der Waals surface area (Å²) in [5, 5.41) is 9.17. The summed E-state index contributed by atoms with van der Waals surface area (Å²) in [6.07, 6.45) is 35.0. The van der Waals surface area contributed by atoms with E-state index in [9.17, 15) is 14.7 Å². The number of aliphatic carboxylic acids is 1. The second kappa shape index (κ2) is 35.0. The molecule has 1 heterocycles. The Morgan fingerprint density at radius 1 is 0.673 bits per heavy atom. The molecule has 0 aromatic heterocycles. The summed E-state index contributed by atoms with van der Waals surface area (Å²) in [7, 11) is 4.16. The third kappa shape index (κ3) is 30.0. The standard InChI is InChI=1S/C27H51NO3.C16H32O2/c1-5-7-9-11-12-14-19-25(18-13-10-8-6-2)27(29)31-23-26-21-24(22-30-26)17-15-16-20-28(3)4;1-3-5-7-9-10-12-14-15(16(17)18)13-11-8-6-4-2/h15-16,24-26H,5-14,17-23H2,1-4H3;15H,3-14H2,1-2H3,(H,17,18)/b16-15+;. The molecular weight excluding hydrogens is 610 g/mol. The van der Waals surface area contributed by atoms with Gasteiger partial charge in [0.2, 0.25) is 0 Å². The number of unbranched alkanes of at least 4 members (excludes halogenated alkanes) is 16. The predicted octanol–water partition coefficient (Wildman–Crippen LogP) is 12.2. The van der Waals surface area contributed by atoms with E-state index in [0.29, 0.717) is 12.5 Å². The highest BCUT2D eigenvalue weighted by Gasteiger charge is 2.27. The number of likely N-dealkylation sites (N-methyl/N-ethyl adjacent to an activating group) is 1. The molecular formula is C43H83NO5. The van der Waals surface area contributed by atoms with Crippen LogP contribution in [0, 0.1) is 17.8 Å². The minimum absolute atomic E-state index is 0.0167. The number of allylic oxidation sites excluding steroid dienone is 1. The average Bonchev–Trinajstić information content (AvgIpc) is 3.54. The molecule has 0 radical (unpaired) electrons. The van der Waals surface area contributed by atoms with Gasteiger partial charge in [0.05, 0.1) is 24.5 Å². The molecule has 4 atom stereocenters. The van der Waals surface area contributed by atoms with Crippen molar-refractivity contribution in [3.05, 3.63) is 12.2 Å². The van der Waals surface area contributed by atoms with Crippen LogP contribution in [0.4, 0.5) is 0 Å². The first-order valence-corrected chi connectivity index (χ1v) is 21.1. The average molecular weight is 694 g/mol. The van der Waals surface area contributed by atoms with Crippen LogP contribution in [-0.4, -0.2) is 61.9 Å². The van der Waals surface area contributed by atoms with Gasteiger partial charge in [-0.1, -0.05) is 168 Å². The Balaban J connectivity index is 0.00000109. The fourth-order valence-corrected chi connectivity index (χ4v) is 6.68. The molecule has 1 N–H and O–H groups in total. The van der Waals surface area contributed by atoms with Crippen LogP contribution in [0.3, 0.4) is 0 Å². The molecule has 1 aliphatic rings. The summed E-state index contributed by atoms with van der Waals surface area (Å²) in [5.74, 6) is -0.0275. The van der Waals surface area contributed by atoms with Crippen molar-refractivity contribution in [1.82, 2.24) is 4.90 Å². The van der Waals surface area contributed by atoms with Crippen LogP contribution >= 0.6 is 0 Å². The van der Waals surface area contributed by atoms with Crippen LogP contribution in [0.1, 0.15) is 195 Å². The summed E-state index contributed by atoms with van der Waals surface area (Å²) in [6, 6.07) is 0. The molecule has 0 aromatic rings. The lowest BCUT2D eigenvalue weighted by Crippen LogP contribution is -2.23. The maximum absolute atomic E-state index is 12.8. The molecule has 0 spiro atoms. The minimum Gasteiger partial charge on any atom is -0.481 e. The van der Waals surface area contributed by atoms with E-state index >= 15 is 0 Å². The maximum atomic E-state index is 12.8. The number of nitrogens with zero attached hydrogens (tertiary/aromatic N) is 1. The molecule has 49 heavy (non-hydrogen) atoms. The van der Waals surface area contributed by atoms with Crippen LogP contribution in [-0.2, 0) is 19.1 Å². The molecule has 6 heteroatoms. The van der Waals surface area contributed by atoms with Crippen molar-refractivity contribution in [3.63, 3.8) is 0 Å². The smallest absolute Gasteiger partial charge is 0.309 e. The Morgan fingerprint density at radius 3 is 1.55 bits per heavy atom. The molecule has 1 saturated heterocycles. The Morgan fingerprint density at radius 2 is 1.10 bits per heavy atom. The number of carbonyl (C=O) groups is 2. The van der Waals surface area contributed by atoms with Crippen molar-refractivity contribution in [1.29, 1.82) is 0 Å². The fourth-order valence-electron chi connectivity index (χ4n) is 6.68. The number of carbonyl (C=O) groups excluding carboxylic acids is 1. The molecule has 1 fully saturated rings. The molecule has 6 nitrogen and oxygen atoms in total. The number of carboxylic acid groups (broad SMARTS) is 1. The minimum atomic E-state index is -0.583. The zero-order valence-corrected chi connectivity index (χ0v) is 33.5. The van der Waals surface area contributed by atoms with E-state index in [4.69, 9.17) is 9.47 Å². The largest absolute Gasteiger partial charge is 0.481 e. The van der Waals surface area contributed by atoms with Gasteiger partial charge < -0.3 is 19.5 Å². The Bertz CT molecular complexity index is 769. The van der Waals surface area contributed by atoms with Crippen LogP contribution < -0.4 is 0 Å². The highest BCUT2D eigenvalue weighted by Crippen LogP contribution is 2.25. The quantitative estimate of drug-likeness (QED) is 0.0429. The fraction of sp³-hybridized carbons (Fsp3) is 0.907. The lowest BCUT2D eigenvalue weighted by molar-refractivity contribution is -0.152. The number of rotatable bonds is 32. The zero-order chi connectivity index (χ0) is 36.4. The number of hydrogen-bond donors (Lipinski definition) is 1. The van der Waals surface area contributed by atoms with E-state index in [0.717, 1.165) is 77.4 Å². The molecule has 1 aliphatic heterocycles. The lowest BCUT2D eigenvalue weighted by Gasteiger charge is -2.18. The molecule has 1 rings (SSSR count). The summed E-state index contributed by atoms with van der Waals surface area (Å²) in [4.78, 5) is 26.1. The third-order valence-electron chi connectivity index (χ3n) is 9.99. The summed E-state index contributed by atoms with van der Waals surface area (Å²) in [6.45, 7) is 11.1. The van der Waals surface area contributed by atoms with E-state index in [1.807, 2.05) is 0 Å². The van der Waals surface area contributed by atoms with Gasteiger partial charge in [0.1, 0.15) is 6.61 Å². The second-order valence-corrected chi connectivity index (χ2v) is 15.2. The van der Waals surface area contributed by atoms with Crippen molar-refractivity contribution in [3.8, 4) is 0 Å². The second-order valence-electron chi connectivity index (χ2n) is 15.2. The van der Waals surface area contributed by atoms with E-state index in [1.54, 1.807) is 0 Å². The van der Waals surface area contributed by atoms with Crippen molar-refractivity contribution in [2.75, 3.05) is 33.9 Å². The maximum Gasteiger partial charge on any atom is 0.309 e. The lowest BCUT2D eigenvalue weighted by atomic mass is 9.94. The highest BCUT2D eigenvalue weighted by atomic mass is 16.6. The summed E-state index contributed by atoms with van der Waals surface area (Å²) < 4.78 is 11.7. The zero-order valence-electron chi connectivity index (χ0n) is 33.5. The first-order chi connectivity index (χ1) is 23.8. The molecule has 4 unspecified atom stereocenters. The molecule has 290 valence electrons. The molecule has 0 saturated carbocycles. The van der Waals surface area contributed by atoms with E-state index < -0.39 is 5.97 Å². The van der Waals surface area contributed by atoms with Crippen molar-refractivity contribution >= 4 is 11.9 Å². The normalized spacial score (nSPS) is 17.3. The van der Waals surface area contributed by atoms with Crippen molar-refractivity contribution in [2.45, 2.75) is 201 Å². The van der Waals surface area contributed by atoms with Gasteiger partial charge in [0.25, 0.3) is 0 Å². The Labute approximate surface area is 304 Å². The first kappa shape index (κ1) is 47.6. The summed E-state index contributed by atoms with van der Waals surface area (Å²) in [5.41, 5.74) is 0. The van der Waals surface area contributed by atoms with Gasteiger partial charge in [-0.3, -0.25) is 9.59 Å². The van der Waals surface area contributed by atoms with Gasteiger partial charge in [0, 0.05) is 6.54 Å². The van der Waals surface area contributed by atoms with Gasteiger partial charge in [-0.25, -0.2) is 0 Å². The van der Waals surface area contributed by atoms with Crippen LogP contribution in [0.5, 0.6) is 0 Å². The predicted molar refractivity (Wildman–Crippen MR) is 209 cm³/mol. The Kier molecular flexibility index (Phi) is 34.0. The molecule has 0 bridgehead atoms. The van der Waals surface area contributed by atoms with Gasteiger partial charge in [-0.05, 0) is 58.5 Å². The molecule has 0 amide bonds. The van der Waals surface area contributed by atoms with E-state index in [2.05, 4.69) is 58.8 Å². The van der Waals surface area contributed by atoms with Gasteiger partial charge >= 0.3 is 11.9 Å². The van der Waals surface area contributed by atoms with Crippen LogP contribution in [0.25, 0.3) is 0 Å². The number of carboxylic acids is 1. The topological polar surface area (TPSA) is 76.1 Å². The first-order valence-electron chi connectivity index (χ1n) is 21.1. The van der Waals surface area contributed by atoms with Crippen molar-refractivity contribution in [2.24, 2.45) is 17.8 Å². The monoisotopic (exact) mass is 694 g/mol. The van der Waals surface area contributed by atoms with Crippen LogP contribution in [0.15, 0.2) is 12.2 Å². The van der Waals surface area contributed by atoms with Gasteiger partial charge in [-0.2, -0.15) is 0 Å². The third-order valence-corrected chi connectivity index (χ3v) is 9.99. The number of ether oxygens (including phenoxy) is 2. The van der Waals surface area contributed by atoms with E-state index in [-0.39, 0.29) is 23.9 Å². The Hall–Kier alpha value is -1.40. The number of esters is 1.